The summed E-state index contributed by atoms with van der Waals surface area (Å²) in [7, 11) is 0. The third kappa shape index (κ3) is 2.96. The Morgan fingerprint density at radius 2 is 2.06 bits per heavy atom. The van der Waals surface area contributed by atoms with E-state index in [0.717, 1.165) is 12.8 Å². The third-order valence-electron chi connectivity index (χ3n) is 2.78. The van der Waals surface area contributed by atoms with Crippen molar-refractivity contribution in [1.29, 1.82) is 0 Å². The SMILES string of the molecule is CC1(NC(=O)Nc2cccc(C(=O)O)c2)CC1. The molecule has 0 aromatic heterocycles. The molecule has 17 heavy (non-hydrogen) atoms. The molecule has 5 heteroatoms. The second kappa shape index (κ2) is 4.08. The van der Waals surface area contributed by atoms with Crippen molar-refractivity contribution in [3.05, 3.63) is 29.8 Å². The quantitative estimate of drug-likeness (QED) is 0.749. The Morgan fingerprint density at radius 1 is 1.35 bits per heavy atom. The fourth-order valence-corrected chi connectivity index (χ4v) is 1.48. The summed E-state index contributed by atoms with van der Waals surface area (Å²) in [5, 5.41) is 14.3. The Hall–Kier alpha value is -2.04. The summed E-state index contributed by atoms with van der Waals surface area (Å²) in [6, 6.07) is 5.86. The normalized spacial score (nSPS) is 16.1. The Morgan fingerprint density at radius 3 is 2.65 bits per heavy atom. The second-order valence-electron chi connectivity index (χ2n) is 4.53. The molecule has 0 radical (unpaired) electrons. The number of benzene rings is 1. The summed E-state index contributed by atoms with van der Waals surface area (Å²) in [5.41, 5.74) is 0.543. The number of carbonyl (C=O) groups is 2. The number of amides is 2. The Bertz CT molecular complexity index is 467. The smallest absolute Gasteiger partial charge is 0.335 e. The highest BCUT2D eigenvalue weighted by molar-refractivity contribution is 5.93. The van der Waals surface area contributed by atoms with E-state index in [1.165, 1.54) is 12.1 Å². The van der Waals surface area contributed by atoms with Crippen molar-refractivity contribution < 1.29 is 14.7 Å². The first-order chi connectivity index (χ1) is 7.98. The average molecular weight is 234 g/mol. The van der Waals surface area contributed by atoms with Crippen molar-refractivity contribution in [3.8, 4) is 0 Å². The minimum absolute atomic E-state index is 0.0888. The van der Waals surface area contributed by atoms with Gasteiger partial charge in [0, 0.05) is 11.2 Å². The van der Waals surface area contributed by atoms with E-state index in [1.54, 1.807) is 12.1 Å². The highest BCUT2D eigenvalue weighted by Crippen LogP contribution is 2.34. The van der Waals surface area contributed by atoms with Gasteiger partial charge in [-0.25, -0.2) is 9.59 Å². The van der Waals surface area contributed by atoms with Gasteiger partial charge in [0.25, 0.3) is 0 Å². The molecule has 1 aromatic rings. The van der Waals surface area contributed by atoms with Crippen LogP contribution in [0.2, 0.25) is 0 Å². The van der Waals surface area contributed by atoms with Crippen molar-refractivity contribution >= 4 is 17.7 Å². The van der Waals surface area contributed by atoms with Gasteiger partial charge in [0.1, 0.15) is 0 Å². The lowest BCUT2D eigenvalue weighted by molar-refractivity contribution is 0.0697. The van der Waals surface area contributed by atoms with E-state index < -0.39 is 5.97 Å². The van der Waals surface area contributed by atoms with E-state index in [0.29, 0.717) is 5.69 Å². The van der Waals surface area contributed by atoms with Gasteiger partial charge in [0.05, 0.1) is 5.56 Å². The van der Waals surface area contributed by atoms with Gasteiger partial charge in [0.15, 0.2) is 0 Å². The zero-order valence-corrected chi connectivity index (χ0v) is 9.49. The standard InChI is InChI=1S/C12H14N2O3/c1-12(5-6-12)14-11(17)13-9-4-2-3-8(7-9)10(15)16/h2-4,7H,5-6H2,1H3,(H,15,16)(H2,13,14,17). The van der Waals surface area contributed by atoms with Gasteiger partial charge in [-0.3, -0.25) is 0 Å². The lowest BCUT2D eigenvalue weighted by Gasteiger charge is -2.12. The van der Waals surface area contributed by atoms with Gasteiger partial charge >= 0.3 is 12.0 Å². The predicted molar refractivity (Wildman–Crippen MR) is 63.2 cm³/mol. The number of carboxylic acids is 1. The maximum atomic E-state index is 11.6. The molecular weight excluding hydrogens is 220 g/mol. The first-order valence-electron chi connectivity index (χ1n) is 5.41. The largest absolute Gasteiger partial charge is 0.478 e. The molecule has 1 aliphatic carbocycles. The molecule has 0 spiro atoms. The topological polar surface area (TPSA) is 78.4 Å². The fraction of sp³-hybridized carbons (Fsp3) is 0.333. The van der Waals surface area contributed by atoms with Crippen molar-refractivity contribution in [2.75, 3.05) is 5.32 Å². The third-order valence-corrected chi connectivity index (χ3v) is 2.78. The summed E-state index contributed by atoms with van der Waals surface area (Å²) in [5.74, 6) is -1.01. The zero-order chi connectivity index (χ0) is 12.5. The monoisotopic (exact) mass is 234 g/mol. The number of hydrogen-bond donors (Lipinski definition) is 3. The Kier molecular flexibility index (Phi) is 2.75. The number of nitrogens with one attached hydrogen (secondary N) is 2. The Balaban J connectivity index is 2.00. The van der Waals surface area contributed by atoms with Gasteiger partial charge in [-0.1, -0.05) is 6.07 Å². The molecule has 0 unspecified atom stereocenters. The molecule has 1 aromatic carbocycles. The van der Waals surface area contributed by atoms with Crippen LogP contribution in [0, 0.1) is 0 Å². The highest BCUT2D eigenvalue weighted by atomic mass is 16.4. The number of carbonyl (C=O) groups excluding carboxylic acids is 1. The van der Waals surface area contributed by atoms with Crippen LogP contribution in [-0.2, 0) is 0 Å². The number of aromatic carboxylic acids is 1. The van der Waals surface area contributed by atoms with Crippen LogP contribution >= 0.6 is 0 Å². The van der Waals surface area contributed by atoms with Crippen molar-refractivity contribution in [3.63, 3.8) is 0 Å². The van der Waals surface area contributed by atoms with Crippen molar-refractivity contribution in [2.45, 2.75) is 25.3 Å². The van der Waals surface area contributed by atoms with E-state index in [2.05, 4.69) is 10.6 Å². The Labute approximate surface area is 98.8 Å². The van der Waals surface area contributed by atoms with E-state index in [-0.39, 0.29) is 17.1 Å². The van der Waals surface area contributed by atoms with Gasteiger partial charge < -0.3 is 15.7 Å². The number of anilines is 1. The molecule has 3 N–H and O–H groups in total. The highest BCUT2D eigenvalue weighted by Gasteiger charge is 2.38. The molecule has 2 amide bonds. The van der Waals surface area contributed by atoms with Crippen LogP contribution in [0.3, 0.4) is 0 Å². The zero-order valence-electron chi connectivity index (χ0n) is 9.49. The summed E-state index contributed by atoms with van der Waals surface area (Å²) in [6.45, 7) is 1.97. The molecule has 0 saturated heterocycles. The van der Waals surface area contributed by atoms with Crippen LogP contribution in [0.25, 0.3) is 0 Å². The first kappa shape index (κ1) is 11.4. The van der Waals surface area contributed by atoms with Gasteiger partial charge in [0.2, 0.25) is 0 Å². The molecule has 1 fully saturated rings. The number of rotatable bonds is 3. The van der Waals surface area contributed by atoms with E-state index in [4.69, 9.17) is 5.11 Å². The first-order valence-corrected chi connectivity index (χ1v) is 5.41. The van der Waals surface area contributed by atoms with E-state index in [1.807, 2.05) is 6.92 Å². The molecule has 5 nitrogen and oxygen atoms in total. The molecule has 0 bridgehead atoms. The average Bonchev–Trinajstić information content (AvgIpc) is 2.95. The molecule has 90 valence electrons. The summed E-state index contributed by atoms with van der Waals surface area (Å²) in [6.07, 6.45) is 1.96. The van der Waals surface area contributed by atoms with Crippen LogP contribution in [0.1, 0.15) is 30.1 Å². The van der Waals surface area contributed by atoms with E-state index >= 15 is 0 Å². The lowest BCUT2D eigenvalue weighted by atomic mass is 10.2. The minimum atomic E-state index is -1.01. The number of carboxylic acid groups (broad SMARTS) is 1. The fourth-order valence-electron chi connectivity index (χ4n) is 1.48. The summed E-state index contributed by atoms with van der Waals surface area (Å²) >= 11 is 0. The summed E-state index contributed by atoms with van der Waals surface area (Å²) in [4.78, 5) is 22.3. The maximum absolute atomic E-state index is 11.6. The van der Waals surface area contributed by atoms with Crippen LogP contribution < -0.4 is 10.6 Å². The molecular formula is C12H14N2O3. The van der Waals surface area contributed by atoms with Gasteiger partial charge in [-0.15, -0.1) is 0 Å². The molecule has 1 aliphatic rings. The number of hydrogen-bond acceptors (Lipinski definition) is 2. The minimum Gasteiger partial charge on any atom is -0.478 e. The molecule has 0 atom stereocenters. The molecule has 0 aliphatic heterocycles. The lowest BCUT2D eigenvalue weighted by Crippen LogP contribution is -2.37. The van der Waals surface area contributed by atoms with Gasteiger partial charge in [-0.2, -0.15) is 0 Å². The van der Waals surface area contributed by atoms with Crippen LogP contribution in [0.15, 0.2) is 24.3 Å². The second-order valence-corrected chi connectivity index (χ2v) is 4.53. The number of urea groups is 1. The van der Waals surface area contributed by atoms with E-state index in [9.17, 15) is 9.59 Å². The van der Waals surface area contributed by atoms with Crippen molar-refractivity contribution in [1.82, 2.24) is 5.32 Å². The predicted octanol–water partition coefficient (Wildman–Crippen LogP) is 2.06. The summed E-state index contributed by atoms with van der Waals surface area (Å²) < 4.78 is 0. The molecule has 0 heterocycles. The van der Waals surface area contributed by atoms with Crippen molar-refractivity contribution in [2.24, 2.45) is 0 Å². The van der Waals surface area contributed by atoms with Crippen LogP contribution in [0.4, 0.5) is 10.5 Å². The maximum Gasteiger partial charge on any atom is 0.335 e. The van der Waals surface area contributed by atoms with Crippen LogP contribution in [-0.4, -0.2) is 22.6 Å². The van der Waals surface area contributed by atoms with Crippen LogP contribution in [0.5, 0.6) is 0 Å². The molecule has 1 saturated carbocycles. The molecule has 2 rings (SSSR count). The van der Waals surface area contributed by atoms with Gasteiger partial charge in [-0.05, 0) is 38.0 Å².